The topological polar surface area (TPSA) is 79.3 Å². The van der Waals surface area contributed by atoms with Gasteiger partial charge in [0, 0.05) is 11.4 Å². The minimum atomic E-state index is -1.27. The molecular weight excluding hydrogens is 278 g/mol. The molecule has 0 bridgehead atoms. The molecule has 1 amide bonds. The van der Waals surface area contributed by atoms with E-state index in [0.717, 1.165) is 29.5 Å². The maximum absolute atomic E-state index is 13.3. The number of carbonyl (C=O) groups excluding carboxylic acids is 1. The van der Waals surface area contributed by atoms with E-state index < -0.39 is 23.5 Å². The van der Waals surface area contributed by atoms with Crippen molar-refractivity contribution < 1.29 is 23.5 Å². The van der Waals surface area contributed by atoms with Crippen molar-refractivity contribution in [2.75, 3.05) is 5.32 Å². The molecule has 0 fully saturated rings. The average Bonchev–Trinajstić information content (AvgIpc) is 2.83. The lowest BCUT2D eigenvalue weighted by Gasteiger charge is -2.04. The van der Waals surface area contributed by atoms with Gasteiger partial charge in [0.15, 0.2) is 10.7 Å². The van der Waals surface area contributed by atoms with Crippen molar-refractivity contribution in [3.8, 4) is 0 Å². The van der Waals surface area contributed by atoms with Crippen LogP contribution < -0.4 is 5.32 Å². The first kappa shape index (κ1) is 13.1. The molecule has 2 N–H and O–H groups in total. The van der Waals surface area contributed by atoms with Gasteiger partial charge in [-0.1, -0.05) is 0 Å². The largest absolute Gasteiger partial charge is 0.476 e. The Bertz CT molecular complexity index is 657. The van der Waals surface area contributed by atoms with Gasteiger partial charge in [-0.2, -0.15) is 0 Å². The molecule has 0 radical (unpaired) electrons. The van der Waals surface area contributed by atoms with Crippen LogP contribution in [0.25, 0.3) is 0 Å². The van der Waals surface area contributed by atoms with Gasteiger partial charge in [0.05, 0.1) is 5.69 Å². The number of amides is 1. The molecule has 0 atom stereocenters. The third kappa shape index (κ3) is 2.91. The monoisotopic (exact) mass is 284 g/mol. The number of thiazole rings is 1. The minimum Gasteiger partial charge on any atom is -0.476 e. The molecule has 8 heteroatoms. The number of aromatic carboxylic acids is 1. The molecule has 2 aromatic rings. The number of hydrogen-bond acceptors (Lipinski definition) is 4. The van der Waals surface area contributed by atoms with Crippen LogP contribution in [-0.4, -0.2) is 22.0 Å². The van der Waals surface area contributed by atoms with Crippen molar-refractivity contribution >= 4 is 28.9 Å². The Kier molecular flexibility index (Phi) is 3.52. The van der Waals surface area contributed by atoms with Crippen LogP contribution in [0, 0.1) is 11.6 Å². The summed E-state index contributed by atoms with van der Waals surface area (Å²) in [5, 5.41) is 11.8. The van der Waals surface area contributed by atoms with Gasteiger partial charge in [-0.05, 0) is 12.1 Å². The van der Waals surface area contributed by atoms with E-state index >= 15 is 0 Å². The van der Waals surface area contributed by atoms with Gasteiger partial charge in [0.1, 0.15) is 11.6 Å². The quantitative estimate of drug-likeness (QED) is 0.906. The fourth-order valence-electron chi connectivity index (χ4n) is 1.25. The van der Waals surface area contributed by atoms with E-state index in [-0.39, 0.29) is 16.4 Å². The van der Waals surface area contributed by atoms with Crippen LogP contribution in [0.4, 0.5) is 14.5 Å². The fraction of sp³-hybridized carbons (Fsp3) is 0. The van der Waals surface area contributed by atoms with Gasteiger partial charge >= 0.3 is 5.97 Å². The van der Waals surface area contributed by atoms with Crippen LogP contribution in [0.15, 0.2) is 23.6 Å². The summed E-state index contributed by atoms with van der Waals surface area (Å²) in [6, 6.07) is 2.60. The number of aromatic nitrogens is 1. The number of carboxylic acid groups (broad SMARTS) is 1. The zero-order chi connectivity index (χ0) is 14.0. The number of carbonyl (C=O) groups is 2. The summed E-state index contributed by atoms with van der Waals surface area (Å²) in [5.41, 5.74) is -0.619. The van der Waals surface area contributed by atoms with Crippen molar-refractivity contribution in [1.82, 2.24) is 4.98 Å². The van der Waals surface area contributed by atoms with Crippen molar-refractivity contribution in [3.63, 3.8) is 0 Å². The van der Waals surface area contributed by atoms with Crippen molar-refractivity contribution in [2.45, 2.75) is 0 Å². The molecule has 0 aliphatic rings. The summed E-state index contributed by atoms with van der Waals surface area (Å²) >= 11 is 0.795. The van der Waals surface area contributed by atoms with E-state index in [1.54, 1.807) is 0 Å². The molecule has 1 aromatic carbocycles. The van der Waals surface area contributed by atoms with Crippen LogP contribution in [0.2, 0.25) is 0 Å². The van der Waals surface area contributed by atoms with Crippen LogP contribution in [0.5, 0.6) is 0 Å². The van der Waals surface area contributed by atoms with Crippen molar-refractivity contribution in [3.05, 3.63) is 45.9 Å². The number of rotatable bonds is 3. The maximum Gasteiger partial charge on any atom is 0.355 e. The molecule has 19 heavy (non-hydrogen) atoms. The molecule has 0 saturated heterocycles. The van der Waals surface area contributed by atoms with Gasteiger partial charge in [-0.15, -0.1) is 11.3 Å². The van der Waals surface area contributed by atoms with Gasteiger partial charge in [-0.3, -0.25) is 4.79 Å². The summed E-state index contributed by atoms with van der Waals surface area (Å²) in [4.78, 5) is 25.8. The highest BCUT2D eigenvalue weighted by Crippen LogP contribution is 2.17. The molecule has 5 nitrogen and oxygen atoms in total. The predicted molar refractivity (Wildman–Crippen MR) is 63.4 cm³/mol. The highest BCUT2D eigenvalue weighted by atomic mass is 32.1. The highest BCUT2D eigenvalue weighted by Gasteiger charge is 2.16. The van der Waals surface area contributed by atoms with E-state index in [9.17, 15) is 18.4 Å². The zero-order valence-corrected chi connectivity index (χ0v) is 10.0. The zero-order valence-electron chi connectivity index (χ0n) is 9.18. The van der Waals surface area contributed by atoms with Crippen molar-refractivity contribution in [2.24, 2.45) is 0 Å². The number of benzene rings is 1. The van der Waals surface area contributed by atoms with Crippen LogP contribution in [-0.2, 0) is 0 Å². The lowest BCUT2D eigenvalue weighted by molar-refractivity contribution is 0.0691. The third-order valence-corrected chi connectivity index (χ3v) is 2.94. The first-order valence-electron chi connectivity index (χ1n) is 4.92. The summed E-state index contributed by atoms with van der Waals surface area (Å²) in [7, 11) is 0. The average molecular weight is 284 g/mol. The Morgan fingerprint density at radius 1 is 1.32 bits per heavy atom. The minimum absolute atomic E-state index is 0.152. The molecule has 0 aliphatic heterocycles. The van der Waals surface area contributed by atoms with Crippen LogP contribution in [0.3, 0.4) is 0 Å². The predicted octanol–water partition coefficient (Wildman–Crippen LogP) is 2.37. The molecule has 1 aromatic heterocycles. The Labute approximate surface area is 109 Å². The van der Waals surface area contributed by atoms with E-state index in [1.165, 1.54) is 5.38 Å². The van der Waals surface area contributed by atoms with Gasteiger partial charge in [-0.25, -0.2) is 18.6 Å². The first-order chi connectivity index (χ1) is 8.97. The van der Waals surface area contributed by atoms with Gasteiger partial charge in [0.2, 0.25) is 0 Å². The molecule has 2 rings (SSSR count). The Balaban J connectivity index is 2.20. The van der Waals surface area contributed by atoms with E-state index in [2.05, 4.69) is 10.3 Å². The summed E-state index contributed by atoms with van der Waals surface area (Å²) in [6.45, 7) is 0. The smallest absolute Gasteiger partial charge is 0.355 e. The summed E-state index contributed by atoms with van der Waals surface area (Å²) in [6.07, 6.45) is 0. The highest BCUT2D eigenvalue weighted by molar-refractivity contribution is 7.12. The fourth-order valence-corrected chi connectivity index (χ4v) is 1.93. The molecule has 1 heterocycles. The first-order valence-corrected chi connectivity index (χ1v) is 5.80. The Morgan fingerprint density at radius 3 is 2.68 bits per heavy atom. The standard InChI is InChI=1S/C11H6F2N2O3S/c12-5-1-2-6(13)7(3-5)14-9(16)10-15-8(4-19-10)11(17)18/h1-4H,(H,14,16)(H,17,18). The Hall–Kier alpha value is -2.35. The second-order valence-electron chi connectivity index (χ2n) is 3.42. The molecular formula is C11H6F2N2O3S. The van der Waals surface area contributed by atoms with Gasteiger partial charge < -0.3 is 10.4 Å². The Morgan fingerprint density at radius 2 is 2.05 bits per heavy atom. The number of nitrogens with one attached hydrogen (secondary N) is 1. The number of halogens is 2. The number of anilines is 1. The second kappa shape index (κ2) is 5.11. The normalized spacial score (nSPS) is 10.2. The molecule has 0 unspecified atom stereocenters. The molecule has 0 aliphatic carbocycles. The van der Waals surface area contributed by atoms with E-state index in [1.807, 2.05) is 0 Å². The van der Waals surface area contributed by atoms with E-state index in [4.69, 9.17) is 5.11 Å². The maximum atomic E-state index is 13.3. The number of nitrogens with zero attached hydrogens (tertiary/aromatic N) is 1. The van der Waals surface area contributed by atoms with Crippen LogP contribution >= 0.6 is 11.3 Å². The second-order valence-corrected chi connectivity index (χ2v) is 4.28. The van der Waals surface area contributed by atoms with Crippen LogP contribution in [0.1, 0.15) is 20.3 Å². The molecule has 98 valence electrons. The lowest BCUT2D eigenvalue weighted by atomic mass is 10.3. The summed E-state index contributed by atoms with van der Waals surface area (Å²) in [5.74, 6) is -3.58. The molecule has 0 spiro atoms. The number of carboxylic acids is 1. The van der Waals surface area contributed by atoms with Crippen molar-refractivity contribution in [1.29, 1.82) is 0 Å². The summed E-state index contributed by atoms with van der Waals surface area (Å²) < 4.78 is 26.2. The lowest BCUT2D eigenvalue weighted by Crippen LogP contribution is -2.13. The van der Waals surface area contributed by atoms with E-state index in [0.29, 0.717) is 0 Å². The third-order valence-electron chi connectivity index (χ3n) is 2.09. The molecule has 0 saturated carbocycles. The number of hydrogen-bond donors (Lipinski definition) is 2. The van der Waals surface area contributed by atoms with Gasteiger partial charge in [0.25, 0.3) is 5.91 Å². The SMILES string of the molecule is O=C(O)c1csc(C(=O)Nc2cc(F)ccc2F)n1.